The molecule has 9 heteroatoms. The highest BCUT2D eigenvalue weighted by atomic mass is 35.5. The molecule has 4 rings (SSSR count). The predicted octanol–water partition coefficient (Wildman–Crippen LogP) is 5.81. The van der Waals surface area contributed by atoms with Crippen LogP contribution in [0.3, 0.4) is 0 Å². The molecule has 0 aliphatic carbocycles. The number of carbonyl (C=O) groups excluding carboxylic acids is 3. The summed E-state index contributed by atoms with van der Waals surface area (Å²) >= 11 is 12.1. The first-order chi connectivity index (χ1) is 17.3. The minimum atomic E-state index is -0.959. The van der Waals surface area contributed by atoms with E-state index in [0.29, 0.717) is 22.6 Å². The zero-order valence-corrected chi connectivity index (χ0v) is 20.8. The number of ketones is 1. The number of ether oxygens (including phenoxy) is 2. The summed E-state index contributed by atoms with van der Waals surface area (Å²) in [5, 5.41) is 11.7. The molecule has 184 valence electrons. The third-order valence-corrected chi connectivity index (χ3v) is 6.46. The fourth-order valence-corrected chi connectivity index (χ4v) is 4.27. The molecule has 0 saturated carbocycles. The molecule has 1 N–H and O–H groups in total. The monoisotopic (exact) mass is 525 g/mol. The average Bonchev–Trinajstić information content (AvgIpc) is 3.15. The molecule has 1 unspecified atom stereocenters. The van der Waals surface area contributed by atoms with Crippen LogP contribution in [0.25, 0.3) is 5.76 Å². The molecule has 1 aliphatic heterocycles. The van der Waals surface area contributed by atoms with Gasteiger partial charge in [0.2, 0.25) is 0 Å². The molecule has 1 saturated heterocycles. The van der Waals surface area contributed by atoms with Gasteiger partial charge in [0, 0.05) is 11.3 Å². The number of methoxy groups -OCH3 is 1. The summed E-state index contributed by atoms with van der Waals surface area (Å²) in [6, 6.07) is 16.4. The lowest BCUT2D eigenvalue weighted by Crippen LogP contribution is -2.29. The van der Waals surface area contributed by atoms with Crippen molar-refractivity contribution < 1.29 is 29.0 Å². The number of aliphatic hydroxyl groups excluding tert-OH is 1. The number of anilines is 1. The van der Waals surface area contributed by atoms with E-state index in [1.165, 1.54) is 42.3 Å². The summed E-state index contributed by atoms with van der Waals surface area (Å²) in [6.07, 6.45) is 0. The average molecular weight is 526 g/mol. The van der Waals surface area contributed by atoms with Crippen LogP contribution in [0, 0.1) is 0 Å². The number of aliphatic hydroxyl groups is 1. The number of nitrogens with zero attached hydrogens (tertiary/aromatic N) is 1. The molecular formula is C27H21Cl2NO6. The quantitative estimate of drug-likeness (QED) is 0.189. The van der Waals surface area contributed by atoms with Crippen LogP contribution in [0.1, 0.15) is 34.5 Å². The van der Waals surface area contributed by atoms with Gasteiger partial charge in [-0.05, 0) is 67.1 Å². The Morgan fingerprint density at radius 3 is 2.17 bits per heavy atom. The molecular weight excluding hydrogens is 505 g/mol. The van der Waals surface area contributed by atoms with Gasteiger partial charge in [-0.25, -0.2) is 4.79 Å². The maximum absolute atomic E-state index is 13.3. The van der Waals surface area contributed by atoms with Gasteiger partial charge in [0.05, 0.1) is 40.9 Å². The van der Waals surface area contributed by atoms with E-state index in [2.05, 4.69) is 0 Å². The number of Topliss-reactive ketones (excluding diaryl/α,β-unsaturated/α-hetero) is 1. The van der Waals surface area contributed by atoms with Gasteiger partial charge in [0.15, 0.2) is 0 Å². The van der Waals surface area contributed by atoms with Crippen LogP contribution in [-0.4, -0.2) is 36.5 Å². The lowest BCUT2D eigenvalue weighted by atomic mass is 9.95. The van der Waals surface area contributed by atoms with E-state index >= 15 is 0 Å². The van der Waals surface area contributed by atoms with Gasteiger partial charge in [-0.3, -0.25) is 14.5 Å². The highest BCUT2D eigenvalue weighted by Crippen LogP contribution is 2.43. The van der Waals surface area contributed by atoms with Gasteiger partial charge in [-0.1, -0.05) is 35.3 Å². The van der Waals surface area contributed by atoms with E-state index in [9.17, 15) is 19.5 Å². The van der Waals surface area contributed by atoms with Crippen molar-refractivity contribution in [3.63, 3.8) is 0 Å². The Bertz CT molecular complexity index is 1370. The van der Waals surface area contributed by atoms with Gasteiger partial charge < -0.3 is 14.6 Å². The van der Waals surface area contributed by atoms with Gasteiger partial charge in [0.1, 0.15) is 11.5 Å². The summed E-state index contributed by atoms with van der Waals surface area (Å²) in [5.41, 5.74) is 1.34. The molecule has 1 fully saturated rings. The molecule has 36 heavy (non-hydrogen) atoms. The van der Waals surface area contributed by atoms with Gasteiger partial charge in [-0.2, -0.15) is 0 Å². The Morgan fingerprint density at radius 2 is 1.58 bits per heavy atom. The number of benzene rings is 3. The Labute approximate surface area is 217 Å². The van der Waals surface area contributed by atoms with Gasteiger partial charge >= 0.3 is 5.97 Å². The number of hydrogen-bond acceptors (Lipinski definition) is 6. The van der Waals surface area contributed by atoms with Crippen LogP contribution in [-0.2, 0) is 14.3 Å². The minimum Gasteiger partial charge on any atom is -0.507 e. The molecule has 0 bridgehead atoms. The number of carbonyl (C=O) groups is 3. The summed E-state index contributed by atoms with van der Waals surface area (Å²) in [6.45, 7) is 1.93. The first-order valence-electron chi connectivity index (χ1n) is 10.9. The van der Waals surface area contributed by atoms with E-state index < -0.39 is 29.5 Å². The third kappa shape index (κ3) is 4.67. The van der Waals surface area contributed by atoms with Crippen molar-refractivity contribution in [1.29, 1.82) is 0 Å². The molecule has 7 nitrogen and oxygen atoms in total. The van der Waals surface area contributed by atoms with Crippen molar-refractivity contribution in [2.75, 3.05) is 18.6 Å². The largest absolute Gasteiger partial charge is 0.507 e. The summed E-state index contributed by atoms with van der Waals surface area (Å²) in [4.78, 5) is 39.9. The van der Waals surface area contributed by atoms with Crippen molar-refractivity contribution in [3.05, 3.63) is 99.0 Å². The fourth-order valence-electron chi connectivity index (χ4n) is 3.97. The summed E-state index contributed by atoms with van der Waals surface area (Å²) in [5.74, 6) is -2.01. The molecule has 1 amide bonds. The SMILES string of the molecule is CCOC(=O)c1ccc(N2C(=O)C(=O)/C(=C(\O)c3ccc(Cl)c(Cl)c3)C2c2ccc(OC)cc2)cc1. The first kappa shape index (κ1) is 25.3. The van der Waals surface area contributed by atoms with E-state index in [1.807, 2.05) is 0 Å². The Hall–Kier alpha value is -3.81. The number of rotatable bonds is 6. The van der Waals surface area contributed by atoms with Gasteiger partial charge in [0.25, 0.3) is 11.7 Å². The van der Waals surface area contributed by atoms with E-state index in [0.717, 1.165) is 0 Å². The maximum atomic E-state index is 13.3. The van der Waals surface area contributed by atoms with Crippen LogP contribution < -0.4 is 9.64 Å². The van der Waals surface area contributed by atoms with Crippen LogP contribution >= 0.6 is 23.2 Å². The third-order valence-electron chi connectivity index (χ3n) is 5.73. The van der Waals surface area contributed by atoms with Crippen molar-refractivity contribution in [3.8, 4) is 5.75 Å². The second-order valence-electron chi connectivity index (χ2n) is 7.84. The van der Waals surface area contributed by atoms with Crippen molar-refractivity contribution in [1.82, 2.24) is 0 Å². The number of halogens is 2. The van der Waals surface area contributed by atoms with Gasteiger partial charge in [-0.15, -0.1) is 0 Å². The zero-order valence-electron chi connectivity index (χ0n) is 19.3. The van der Waals surface area contributed by atoms with Crippen LogP contribution in [0.5, 0.6) is 5.75 Å². The molecule has 0 radical (unpaired) electrons. The topological polar surface area (TPSA) is 93.1 Å². The highest BCUT2D eigenvalue weighted by Gasteiger charge is 2.47. The molecule has 1 heterocycles. The normalized spacial score (nSPS) is 16.8. The molecule has 0 aromatic heterocycles. The molecule has 1 atom stereocenters. The van der Waals surface area contributed by atoms with Crippen molar-refractivity contribution >= 4 is 52.3 Å². The standard InChI is InChI=1S/C27H21Cl2NO6/c1-3-36-27(34)16-4-9-18(10-5-16)30-23(15-6-11-19(35-2)12-7-15)22(25(32)26(30)33)24(31)17-8-13-20(28)21(29)14-17/h4-14,23,31H,3H2,1-2H3/b24-22-. The Kier molecular flexibility index (Phi) is 7.33. The summed E-state index contributed by atoms with van der Waals surface area (Å²) in [7, 11) is 1.52. The molecule has 3 aromatic carbocycles. The number of hydrogen-bond donors (Lipinski definition) is 1. The smallest absolute Gasteiger partial charge is 0.338 e. The highest BCUT2D eigenvalue weighted by molar-refractivity contribution is 6.51. The minimum absolute atomic E-state index is 0.113. The van der Waals surface area contributed by atoms with Crippen LogP contribution in [0.15, 0.2) is 72.3 Å². The van der Waals surface area contributed by atoms with Crippen LogP contribution in [0.2, 0.25) is 10.0 Å². The molecule has 3 aromatic rings. The molecule has 1 aliphatic rings. The lowest BCUT2D eigenvalue weighted by Gasteiger charge is -2.25. The summed E-state index contributed by atoms with van der Waals surface area (Å²) < 4.78 is 10.2. The molecule has 0 spiro atoms. The Balaban J connectivity index is 1.87. The zero-order chi connectivity index (χ0) is 26.0. The fraction of sp³-hybridized carbons (Fsp3) is 0.148. The van der Waals surface area contributed by atoms with E-state index in [4.69, 9.17) is 32.7 Å². The van der Waals surface area contributed by atoms with Crippen LogP contribution in [0.4, 0.5) is 5.69 Å². The number of esters is 1. The predicted molar refractivity (Wildman–Crippen MR) is 137 cm³/mol. The maximum Gasteiger partial charge on any atom is 0.338 e. The van der Waals surface area contributed by atoms with E-state index in [-0.39, 0.29) is 27.8 Å². The van der Waals surface area contributed by atoms with Crippen molar-refractivity contribution in [2.45, 2.75) is 13.0 Å². The second-order valence-corrected chi connectivity index (χ2v) is 8.65. The van der Waals surface area contributed by atoms with Crippen molar-refractivity contribution in [2.24, 2.45) is 0 Å². The second kappa shape index (κ2) is 10.4. The first-order valence-corrected chi connectivity index (χ1v) is 11.7. The Morgan fingerprint density at radius 1 is 0.944 bits per heavy atom. The number of amides is 1. The van der Waals surface area contributed by atoms with E-state index in [1.54, 1.807) is 43.3 Å². The lowest BCUT2D eigenvalue weighted by molar-refractivity contribution is -0.132.